The normalized spacial score (nSPS) is 27.4. The molecule has 3 aliphatic rings. The van der Waals surface area contributed by atoms with Crippen molar-refractivity contribution in [1.29, 1.82) is 0 Å². The Kier molecular flexibility index (Phi) is 3.72. The standard InChI is InChI=1S/C23H20N2O3/c1-13-2-8-17(9-3-13)24-21(26)14-6-10-18(11-7-14)25-22(27)19-15-4-5-16(12-15)20(19)23(25)28/h2-11,15-16,19-20H,12H2,1H3,(H,24,26)/t15-,16+,19-,20+. The molecule has 2 aromatic rings. The second-order valence-electron chi connectivity index (χ2n) is 7.88. The molecule has 1 N–H and O–H groups in total. The van der Waals surface area contributed by atoms with E-state index in [9.17, 15) is 14.4 Å². The van der Waals surface area contributed by atoms with Crippen LogP contribution in [0.5, 0.6) is 0 Å². The number of benzene rings is 2. The predicted octanol–water partition coefficient (Wildman–Crippen LogP) is 3.56. The molecule has 0 spiro atoms. The number of fused-ring (bicyclic) bond motifs is 5. The van der Waals surface area contributed by atoms with Crippen molar-refractivity contribution in [2.24, 2.45) is 23.7 Å². The van der Waals surface area contributed by atoms with Crippen molar-refractivity contribution in [2.75, 3.05) is 10.2 Å². The maximum Gasteiger partial charge on any atom is 0.255 e. The Labute approximate surface area is 163 Å². The molecule has 5 heteroatoms. The number of nitrogens with zero attached hydrogens (tertiary/aromatic N) is 1. The molecule has 1 aliphatic heterocycles. The summed E-state index contributed by atoms with van der Waals surface area (Å²) in [6, 6.07) is 14.2. The first-order valence-electron chi connectivity index (χ1n) is 9.57. The fourth-order valence-electron chi connectivity index (χ4n) is 4.76. The summed E-state index contributed by atoms with van der Waals surface area (Å²) < 4.78 is 0. The SMILES string of the molecule is Cc1ccc(NC(=O)c2ccc(N3C(=O)[C@@H]4[C@H](C3=O)[C@@H]3C=C[C@H]4C3)cc2)cc1. The van der Waals surface area contributed by atoms with Gasteiger partial charge in [0.2, 0.25) is 11.8 Å². The molecule has 1 heterocycles. The van der Waals surface area contributed by atoms with E-state index in [0.717, 1.165) is 17.7 Å². The van der Waals surface area contributed by atoms with Crippen molar-refractivity contribution in [3.05, 3.63) is 71.8 Å². The van der Waals surface area contributed by atoms with Crippen LogP contribution < -0.4 is 10.2 Å². The van der Waals surface area contributed by atoms with Gasteiger partial charge in [-0.05, 0) is 61.6 Å². The molecule has 2 aromatic carbocycles. The molecule has 4 atom stereocenters. The van der Waals surface area contributed by atoms with Crippen LogP contribution in [0, 0.1) is 30.6 Å². The zero-order valence-electron chi connectivity index (χ0n) is 15.5. The van der Waals surface area contributed by atoms with E-state index in [1.54, 1.807) is 24.3 Å². The van der Waals surface area contributed by atoms with E-state index in [1.807, 2.05) is 31.2 Å². The van der Waals surface area contributed by atoms with Gasteiger partial charge in [-0.1, -0.05) is 29.8 Å². The zero-order chi connectivity index (χ0) is 19.4. The lowest BCUT2D eigenvalue weighted by atomic mass is 9.85. The summed E-state index contributed by atoms with van der Waals surface area (Å²) in [6.07, 6.45) is 5.08. The van der Waals surface area contributed by atoms with Gasteiger partial charge in [0, 0.05) is 11.3 Å². The minimum Gasteiger partial charge on any atom is -0.322 e. The van der Waals surface area contributed by atoms with Crippen LogP contribution >= 0.6 is 0 Å². The van der Waals surface area contributed by atoms with Gasteiger partial charge in [0.15, 0.2) is 0 Å². The number of allylic oxidation sites excluding steroid dienone is 2. The van der Waals surface area contributed by atoms with E-state index in [2.05, 4.69) is 17.5 Å². The third kappa shape index (κ3) is 2.50. The van der Waals surface area contributed by atoms with Gasteiger partial charge in [-0.3, -0.25) is 19.3 Å². The number of carbonyl (C=O) groups is 3. The van der Waals surface area contributed by atoms with Crippen LogP contribution in [-0.2, 0) is 9.59 Å². The van der Waals surface area contributed by atoms with Gasteiger partial charge in [0.05, 0.1) is 17.5 Å². The summed E-state index contributed by atoms with van der Waals surface area (Å²) in [7, 11) is 0. The summed E-state index contributed by atoms with van der Waals surface area (Å²) in [5, 5.41) is 2.85. The molecule has 0 unspecified atom stereocenters. The second kappa shape index (κ2) is 6.16. The van der Waals surface area contributed by atoms with Gasteiger partial charge >= 0.3 is 0 Å². The molecule has 3 amide bonds. The molecular weight excluding hydrogens is 352 g/mol. The number of imide groups is 1. The smallest absolute Gasteiger partial charge is 0.255 e. The Balaban J connectivity index is 1.34. The number of hydrogen-bond acceptors (Lipinski definition) is 3. The molecule has 0 aromatic heterocycles. The first-order valence-corrected chi connectivity index (χ1v) is 9.57. The Morgan fingerprint density at radius 3 is 2.04 bits per heavy atom. The van der Waals surface area contributed by atoms with Crippen molar-refractivity contribution in [2.45, 2.75) is 13.3 Å². The molecule has 2 aliphatic carbocycles. The van der Waals surface area contributed by atoms with Crippen molar-refractivity contribution in [1.82, 2.24) is 0 Å². The van der Waals surface area contributed by atoms with Crippen LogP contribution in [0.25, 0.3) is 0 Å². The molecule has 2 fully saturated rings. The first kappa shape index (κ1) is 16.9. The van der Waals surface area contributed by atoms with Crippen LogP contribution in [-0.4, -0.2) is 17.7 Å². The van der Waals surface area contributed by atoms with E-state index in [0.29, 0.717) is 11.3 Å². The van der Waals surface area contributed by atoms with Crippen molar-refractivity contribution >= 4 is 29.1 Å². The number of anilines is 2. The van der Waals surface area contributed by atoms with Crippen molar-refractivity contribution in [3.8, 4) is 0 Å². The minimum absolute atomic E-state index is 0.108. The molecule has 5 rings (SSSR count). The Bertz CT molecular complexity index is 977. The van der Waals surface area contributed by atoms with Gasteiger partial charge in [-0.2, -0.15) is 0 Å². The van der Waals surface area contributed by atoms with Gasteiger partial charge < -0.3 is 5.32 Å². The molecule has 28 heavy (non-hydrogen) atoms. The lowest BCUT2D eigenvalue weighted by molar-refractivity contribution is -0.123. The quantitative estimate of drug-likeness (QED) is 0.662. The molecular formula is C23H20N2O3. The van der Waals surface area contributed by atoms with Crippen LogP contribution in [0.3, 0.4) is 0 Å². The number of hydrogen-bond donors (Lipinski definition) is 1. The van der Waals surface area contributed by atoms with Crippen LogP contribution in [0.15, 0.2) is 60.7 Å². The molecule has 5 nitrogen and oxygen atoms in total. The van der Waals surface area contributed by atoms with Gasteiger partial charge in [-0.25, -0.2) is 0 Å². The van der Waals surface area contributed by atoms with E-state index in [1.165, 1.54) is 4.90 Å². The predicted molar refractivity (Wildman–Crippen MR) is 106 cm³/mol. The number of aryl methyl sites for hydroxylation is 1. The summed E-state index contributed by atoms with van der Waals surface area (Å²) in [5.41, 5.74) is 2.86. The highest BCUT2D eigenvalue weighted by Gasteiger charge is 2.59. The van der Waals surface area contributed by atoms with Gasteiger partial charge in [0.1, 0.15) is 0 Å². The first-order chi connectivity index (χ1) is 13.5. The third-order valence-corrected chi connectivity index (χ3v) is 6.17. The lowest BCUT2D eigenvalue weighted by Gasteiger charge is -2.17. The average molecular weight is 372 g/mol. The highest BCUT2D eigenvalue weighted by Crippen LogP contribution is 2.53. The lowest BCUT2D eigenvalue weighted by Crippen LogP contribution is -2.32. The maximum absolute atomic E-state index is 12.9. The number of rotatable bonds is 3. The summed E-state index contributed by atoms with van der Waals surface area (Å²) in [5.74, 6) is -0.493. The van der Waals surface area contributed by atoms with Crippen LogP contribution in [0.1, 0.15) is 22.3 Å². The van der Waals surface area contributed by atoms with E-state index < -0.39 is 0 Å². The maximum atomic E-state index is 12.9. The van der Waals surface area contributed by atoms with Crippen molar-refractivity contribution < 1.29 is 14.4 Å². The highest BCUT2D eigenvalue weighted by atomic mass is 16.2. The van der Waals surface area contributed by atoms with Crippen molar-refractivity contribution in [3.63, 3.8) is 0 Å². The fourth-order valence-corrected chi connectivity index (χ4v) is 4.76. The summed E-state index contributed by atoms with van der Waals surface area (Å²) in [4.78, 5) is 39.5. The van der Waals surface area contributed by atoms with Crippen LogP contribution in [0.2, 0.25) is 0 Å². The average Bonchev–Trinajstić information content (AvgIpc) is 3.38. The Hall–Kier alpha value is -3.21. The molecule has 2 bridgehead atoms. The molecule has 1 saturated heterocycles. The number of carbonyl (C=O) groups excluding carboxylic acids is 3. The molecule has 0 radical (unpaired) electrons. The summed E-state index contributed by atoms with van der Waals surface area (Å²) >= 11 is 0. The van der Waals surface area contributed by atoms with Gasteiger partial charge in [-0.15, -0.1) is 0 Å². The second-order valence-corrected chi connectivity index (χ2v) is 7.88. The highest BCUT2D eigenvalue weighted by molar-refractivity contribution is 6.23. The van der Waals surface area contributed by atoms with Crippen LogP contribution in [0.4, 0.5) is 11.4 Å². The third-order valence-electron chi connectivity index (χ3n) is 6.17. The van der Waals surface area contributed by atoms with Gasteiger partial charge in [0.25, 0.3) is 5.91 Å². The Morgan fingerprint density at radius 1 is 0.893 bits per heavy atom. The summed E-state index contributed by atoms with van der Waals surface area (Å²) in [6.45, 7) is 1.99. The van der Waals surface area contributed by atoms with E-state index in [4.69, 9.17) is 0 Å². The zero-order valence-corrected chi connectivity index (χ0v) is 15.5. The number of nitrogens with one attached hydrogen (secondary N) is 1. The number of amides is 3. The Morgan fingerprint density at radius 2 is 1.46 bits per heavy atom. The minimum atomic E-state index is -0.228. The van der Waals surface area contributed by atoms with E-state index >= 15 is 0 Å². The molecule has 140 valence electrons. The molecule has 1 saturated carbocycles. The largest absolute Gasteiger partial charge is 0.322 e. The van der Waals surface area contributed by atoms with E-state index in [-0.39, 0.29) is 41.4 Å². The fraction of sp³-hybridized carbons (Fsp3) is 0.261. The monoisotopic (exact) mass is 372 g/mol. The topological polar surface area (TPSA) is 66.5 Å².